The lowest BCUT2D eigenvalue weighted by Crippen LogP contribution is -2.42. The molecule has 8 heteroatoms. The maximum absolute atomic E-state index is 12.3. The Morgan fingerprint density at radius 3 is 2.22 bits per heavy atom. The lowest BCUT2D eigenvalue weighted by Gasteiger charge is -2.19. The average molecular weight is 343 g/mol. The minimum absolute atomic E-state index is 0.0203. The maximum atomic E-state index is 12.3. The fraction of sp³-hybridized carbons (Fsp3) is 0.467. The van der Waals surface area contributed by atoms with Crippen molar-refractivity contribution in [2.75, 3.05) is 6.61 Å². The van der Waals surface area contributed by atoms with E-state index in [-0.39, 0.29) is 23.0 Å². The van der Waals surface area contributed by atoms with Crippen LogP contribution in [0.5, 0.6) is 0 Å². The van der Waals surface area contributed by atoms with E-state index in [9.17, 15) is 18.0 Å². The number of nitrogens with one attached hydrogen (secondary N) is 1. The van der Waals surface area contributed by atoms with Crippen molar-refractivity contribution in [3.05, 3.63) is 29.8 Å². The van der Waals surface area contributed by atoms with Gasteiger partial charge in [0.25, 0.3) is 0 Å². The molecule has 23 heavy (non-hydrogen) atoms. The van der Waals surface area contributed by atoms with Crippen molar-refractivity contribution in [3.63, 3.8) is 0 Å². The van der Waals surface area contributed by atoms with Gasteiger partial charge >= 0.3 is 11.9 Å². The van der Waals surface area contributed by atoms with Gasteiger partial charge in [0.05, 0.1) is 17.1 Å². The number of rotatable bonds is 8. The molecule has 1 atom stereocenters. The first-order chi connectivity index (χ1) is 10.7. The Bertz CT molecular complexity index is 651. The Morgan fingerprint density at radius 2 is 1.78 bits per heavy atom. The van der Waals surface area contributed by atoms with Crippen molar-refractivity contribution in [2.24, 2.45) is 5.92 Å². The number of carbonyl (C=O) groups excluding carboxylic acids is 1. The predicted octanol–water partition coefficient (Wildman–Crippen LogP) is 1.64. The van der Waals surface area contributed by atoms with Gasteiger partial charge < -0.3 is 9.84 Å². The molecule has 0 aliphatic rings. The highest BCUT2D eigenvalue weighted by molar-refractivity contribution is 7.89. The van der Waals surface area contributed by atoms with Gasteiger partial charge in [-0.2, -0.15) is 4.72 Å². The second-order valence-electron chi connectivity index (χ2n) is 5.39. The van der Waals surface area contributed by atoms with Gasteiger partial charge in [-0.25, -0.2) is 13.2 Å². The van der Waals surface area contributed by atoms with Gasteiger partial charge in [0.2, 0.25) is 10.0 Å². The van der Waals surface area contributed by atoms with Crippen molar-refractivity contribution in [1.82, 2.24) is 4.72 Å². The summed E-state index contributed by atoms with van der Waals surface area (Å²) in [6.07, 6.45) is 0.297. The molecule has 0 aliphatic heterocycles. The van der Waals surface area contributed by atoms with Crippen LogP contribution in [0.2, 0.25) is 0 Å². The lowest BCUT2D eigenvalue weighted by atomic mass is 10.1. The molecule has 0 aliphatic carbocycles. The molecule has 7 nitrogen and oxygen atoms in total. The maximum Gasteiger partial charge on any atom is 0.335 e. The minimum atomic E-state index is -3.95. The number of carboxylic acids is 1. The molecule has 0 heterocycles. The molecule has 0 spiro atoms. The Hall–Kier alpha value is -1.93. The smallest absolute Gasteiger partial charge is 0.335 e. The van der Waals surface area contributed by atoms with Crippen molar-refractivity contribution in [1.29, 1.82) is 0 Å². The van der Waals surface area contributed by atoms with Crippen molar-refractivity contribution in [3.8, 4) is 0 Å². The molecule has 1 aromatic carbocycles. The fourth-order valence-electron chi connectivity index (χ4n) is 1.94. The van der Waals surface area contributed by atoms with E-state index >= 15 is 0 Å². The molecule has 0 aromatic heterocycles. The first-order valence-electron chi connectivity index (χ1n) is 7.19. The summed E-state index contributed by atoms with van der Waals surface area (Å²) >= 11 is 0. The SMILES string of the molecule is CCOC(=O)[C@H](CC(C)C)NS(=O)(=O)c1ccc(C(=O)O)cc1. The summed E-state index contributed by atoms with van der Waals surface area (Å²) in [5, 5.41) is 8.83. The summed E-state index contributed by atoms with van der Waals surface area (Å²) in [6.45, 7) is 5.52. The molecule has 0 unspecified atom stereocenters. The molecular weight excluding hydrogens is 322 g/mol. The Morgan fingerprint density at radius 1 is 1.22 bits per heavy atom. The van der Waals surface area contributed by atoms with E-state index in [0.717, 1.165) is 0 Å². The number of carbonyl (C=O) groups is 2. The summed E-state index contributed by atoms with van der Waals surface area (Å²) in [4.78, 5) is 22.6. The average Bonchev–Trinajstić information content (AvgIpc) is 2.46. The van der Waals surface area contributed by atoms with Crippen molar-refractivity contribution >= 4 is 22.0 Å². The van der Waals surface area contributed by atoms with Gasteiger partial charge in [-0.3, -0.25) is 4.79 Å². The molecule has 0 saturated carbocycles. The second-order valence-corrected chi connectivity index (χ2v) is 7.10. The number of sulfonamides is 1. The second kappa shape index (κ2) is 8.07. The quantitative estimate of drug-likeness (QED) is 0.694. The molecule has 1 rings (SSSR count). The van der Waals surface area contributed by atoms with Crippen LogP contribution in [-0.2, 0) is 19.6 Å². The van der Waals surface area contributed by atoms with Crippen LogP contribution in [0.25, 0.3) is 0 Å². The molecular formula is C15H21NO6S. The first kappa shape index (κ1) is 19.1. The first-order valence-corrected chi connectivity index (χ1v) is 8.68. The highest BCUT2D eigenvalue weighted by Crippen LogP contribution is 2.14. The van der Waals surface area contributed by atoms with Crippen LogP contribution in [0, 0.1) is 5.92 Å². The third-order valence-electron chi connectivity index (χ3n) is 2.99. The van der Waals surface area contributed by atoms with Gasteiger partial charge in [-0.15, -0.1) is 0 Å². The molecule has 0 amide bonds. The number of benzene rings is 1. The Balaban J connectivity index is 3.00. The van der Waals surface area contributed by atoms with E-state index < -0.39 is 28.0 Å². The number of esters is 1. The van der Waals surface area contributed by atoms with E-state index in [1.54, 1.807) is 6.92 Å². The molecule has 0 bridgehead atoms. The van der Waals surface area contributed by atoms with E-state index in [1.807, 2.05) is 13.8 Å². The van der Waals surface area contributed by atoms with E-state index in [2.05, 4.69) is 4.72 Å². The number of carboxylic acid groups (broad SMARTS) is 1. The summed E-state index contributed by atoms with van der Waals surface area (Å²) < 4.78 is 31.9. The third-order valence-corrected chi connectivity index (χ3v) is 4.47. The standard InChI is InChI=1S/C15H21NO6S/c1-4-22-15(19)13(9-10(2)3)16-23(20,21)12-7-5-11(6-8-12)14(17)18/h5-8,10,13,16H,4,9H2,1-3H3,(H,17,18)/t13-/m0/s1. The van der Waals surface area contributed by atoms with Gasteiger partial charge in [0.1, 0.15) is 6.04 Å². The molecule has 0 saturated heterocycles. The highest BCUT2D eigenvalue weighted by Gasteiger charge is 2.27. The van der Waals surface area contributed by atoms with E-state index in [0.29, 0.717) is 6.42 Å². The summed E-state index contributed by atoms with van der Waals surface area (Å²) in [7, 11) is -3.95. The van der Waals surface area contributed by atoms with Crippen LogP contribution in [0.15, 0.2) is 29.2 Å². The molecule has 1 aromatic rings. The van der Waals surface area contributed by atoms with Gasteiger partial charge in [-0.1, -0.05) is 13.8 Å². The minimum Gasteiger partial charge on any atom is -0.478 e. The lowest BCUT2D eigenvalue weighted by molar-refractivity contribution is -0.145. The summed E-state index contributed by atoms with van der Waals surface area (Å²) in [5.41, 5.74) is -0.0203. The number of hydrogen-bond acceptors (Lipinski definition) is 5. The molecule has 0 fully saturated rings. The largest absolute Gasteiger partial charge is 0.478 e. The third kappa shape index (κ3) is 5.65. The topological polar surface area (TPSA) is 110 Å². The predicted molar refractivity (Wildman–Crippen MR) is 83.6 cm³/mol. The van der Waals surface area contributed by atoms with Crippen LogP contribution in [-0.4, -0.2) is 38.1 Å². The zero-order valence-electron chi connectivity index (χ0n) is 13.3. The summed E-state index contributed by atoms with van der Waals surface area (Å²) in [6, 6.07) is 3.77. The van der Waals surface area contributed by atoms with Crippen LogP contribution in [0.4, 0.5) is 0 Å². The monoisotopic (exact) mass is 343 g/mol. The van der Waals surface area contributed by atoms with Crippen molar-refractivity contribution < 1.29 is 27.9 Å². The van der Waals surface area contributed by atoms with E-state index in [1.165, 1.54) is 24.3 Å². The van der Waals surface area contributed by atoms with Gasteiger partial charge in [-0.05, 0) is 43.5 Å². The normalized spacial score (nSPS) is 12.9. The molecule has 2 N–H and O–H groups in total. The Labute approximate surface area is 135 Å². The fourth-order valence-corrected chi connectivity index (χ4v) is 3.14. The number of hydrogen-bond donors (Lipinski definition) is 2. The van der Waals surface area contributed by atoms with Crippen LogP contribution >= 0.6 is 0 Å². The zero-order valence-corrected chi connectivity index (χ0v) is 14.1. The molecule has 128 valence electrons. The number of ether oxygens (including phenoxy) is 1. The molecule has 0 radical (unpaired) electrons. The van der Waals surface area contributed by atoms with Crippen LogP contribution in [0.1, 0.15) is 37.6 Å². The Kier molecular flexibility index (Phi) is 6.71. The van der Waals surface area contributed by atoms with E-state index in [4.69, 9.17) is 9.84 Å². The van der Waals surface area contributed by atoms with Crippen LogP contribution in [0.3, 0.4) is 0 Å². The summed E-state index contributed by atoms with van der Waals surface area (Å²) in [5.74, 6) is -1.69. The van der Waals surface area contributed by atoms with Crippen molar-refractivity contribution in [2.45, 2.75) is 38.1 Å². The van der Waals surface area contributed by atoms with Gasteiger partial charge in [0.15, 0.2) is 0 Å². The zero-order chi connectivity index (χ0) is 17.6. The number of aromatic carboxylic acids is 1. The highest BCUT2D eigenvalue weighted by atomic mass is 32.2. The van der Waals surface area contributed by atoms with Crippen LogP contribution < -0.4 is 4.72 Å². The van der Waals surface area contributed by atoms with Gasteiger partial charge in [0, 0.05) is 0 Å².